The fourth-order valence-corrected chi connectivity index (χ4v) is 2.31. The molecular weight excluding hydrogens is 306 g/mol. The van der Waals surface area contributed by atoms with E-state index in [0.717, 1.165) is 23.9 Å². The van der Waals surface area contributed by atoms with Gasteiger partial charge in [0.15, 0.2) is 5.69 Å². The van der Waals surface area contributed by atoms with Crippen molar-refractivity contribution < 1.29 is 9.59 Å². The molecule has 0 aliphatic rings. The Balaban J connectivity index is 1.66. The molecule has 7 heteroatoms. The summed E-state index contributed by atoms with van der Waals surface area (Å²) in [6.45, 7) is 5.97. The predicted octanol–water partition coefficient (Wildman–Crippen LogP) is 1.19. The monoisotopic (exact) mass is 331 g/mol. The van der Waals surface area contributed by atoms with Crippen molar-refractivity contribution in [1.29, 1.82) is 0 Å². The van der Waals surface area contributed by atoms with Gasteiger partial charge in [0.25, 0.3) is 5.91 Å². The number of carbonyl (C=O) groups is 2. The second-order valence-corrected chi connectivity index (χ2v) is 5.94. The highest BCUT2D eigenvalue weighted by molar-refractivity contribution is 6.04. The summed E-state index contributed by atoms with van der Waals surface area (Å²) in [7, 11) is 0. The molecule has 0 atom stereocenters. The summed E-state index contributed by atoms with van der Waals surface area (Å²) in [6.07, 6.45) is 1.14. The minimum Gasteiger partial charge on any atom is -0.356 e. The van der Waals surface area contributed by atoms with Crippen LogP contribution in [-0.4, -0.2) is 47.7 Å². The van der Waals surface area contributed by atoms with E-state index in [1.807, 2.05) is 24.3 Å². The van der Waals surface area contributed by atoms with Gasteiger partial charge in [-0.3, -0.25) is 14.7 Å². The molecule has 7 nitrogen and oxygen atoms in total. The zero-order chi connectivity index (χ0) is 17.4. The van der Waals surface area contributed by atoms with Crippen molar-refractivity contribution in [2.24, 2.45) is 0 Å². The van der Waals surface area contributed by atoms with Crippen LogP contribution < -0.4 is 16.0 Å². The van der Waals surface area contributed by atoms with E-state index in [2.05, 4.69) is 40.0 Å². The van der Waals surface area contributed by atoms with Gasteiger partial charge in [-0.05, 0) is 19.0 Å². The van der Waals surface area contributed by atoms with Crippen LogP contribution in [0.25, 0.3) is 10.9 Å². The Kier molecular flexibility index (Phi) is 6.74. The predicted molar refractivity (Wildman–Crippen MR) is 93.8 cm³/mol. The molecule has 2 amide bonds. The Morgan fingerprint density at radius 3 is 2.71 bits per heavy atom. The molecule has 0 radical (unpaired) electrons. The Hall–Kier alpha value is -2.41. The number of hydrogen-bond donors (Lipinski definition) is 4. The Morgan fingerprint density at radius 2 is 1.92 bits per heavy atom. The fourth-order valence-electron chi connectivity index (χ4n) is 2.31. The Morgan fingerprint density at radius 1 is 1.12 bits per heavy atom. The molecule has 1 aromatic carbocycles. The van der Waals surface area contributed by atoms with Gasteiger partial charge in [0.1, 0.15) is 0 Å². The summed E-state index contributed by atoms with van der Waals surface area (Å²) >= 11 is 0. The van der Waals surface area contributed by atoms with E-state index in [4.69, 9.17) is 0 Å². The van der Waals surface area contributed by atoms with Gasteiger partial charge < -0.3 is 16.0 Å². The van der Waals surface area contributed by atoms with Crippen molar-refractivity contribution in [2.75, 3.05) is 19.6 Å². The maximum Gasteiger partial charge on any atom is 0.272 e. The highest BCUT2D eigenvalue weighted by Crippen LogP contribution is 2.14. The van der Waals surface area contributed by atoms with Crippen LogP contribution in [0.4, 0.5) is 0 Å². The van der Waals surface area contributed by atoms with Crippen molar-refractivity contribution in [3.63, 3.8) is 0 Å². The highest BCUT2D eigenvalue weighted by Gasteiger charge is 2.13. The SMILES string of the molecule is CC(C)NCCCNC(=O)CCNC(=O)c1n[nH]c2ccccc12. The number of hydrogen-bond acceptors (Lipinski definition) is 4. The Labute approximate surface area is 141 Å². The number of aromatic amines is 1. The molecule has 2 rings (SSSR count). The molecule has 1 heterocycles. The Bertz CT molecular complexity index is 680. The first-order chi connectivity index (χ1) is 11.6. The summed E-state index contributed by atoms with van der Waals surface area (Å²) in [5.74, 6) is -0.340. The summed E-state index contributed by atoms with van der Waals surface area (Å²) in [4.78, 5) is 23.8. The van der Waals surface area contributed by atoms with Crippen LogP contribution in [0.3, 0.4) is 0 Å². The fraction of sp³-hybridized carbons (Fsp3) is 0.471. The number of nitrogens with zero attached hydrogens (tertiary/aromatic N) is 1. The van der Waals surface area contributed by atoms with Crippen LogP contribution in [-0.2, 0) is 4.79 Å². The number of aromatic nitrogens is 2. The third-order valence-corrected chi connectivity index (χ3v) is 3.55. The second-order valence-electron chi connectivity index (χ2n) is 5.94. The lowest BCUT2D eigenvalue weighted by Crippen LogP contribution is -2.33. The van der Waals surface area contributed by atoms with Gasteiger partial charge in [0.05, 0.1) is 5.52 Å². The van der Waals surface area contributed by atoms with Gasteiger partial charge in [0.2, 0.25) is 5.91 Å². The maximum atomic E-state index is 12.1. The van der Waals surface area contributed by atoms with Gasteiger partial charge >= 0.3 is 0 Å². The third kappa shape index (κ3) is 5.34. The molecule has 0 unspecified atom stereocenters. The minimum absolute atomic E-state index is 0.0632. The van der Waals surface area contributed by atoms with Crippen molar-refractivity contribution in [1.82, 2.24) is 26.1 Å². The number of nitrogens with one attached hydrogen (secondary N) is 4. The van der Waals surface area contributed by atoms with Gasteiger partial charge in [-0.25, -0.2) is 0 Å². The molecule has 0 spiro atoms. The van der Waals surface area contributed by atoms with Gasteiger partial charge in [-0.15, -0.1) is 0 Å². The van der Waals surface area contributed by atoms with Crippen LogP contribution in [0, 0.1) is 0 Å². The summed E-state index contributed by atoms with van der Waals surface area (Å²) in [5.41, 5.74) is 1.17. The van der Waals surface area contributed by atoms with Crippen molar-refractivity contribution in [3.05, 3.63) is 30.0 Å². The first-order valence-corrected chi connectivity index (χ1v) is 8.29. The van der Waals surface area contributed by atoms with E-state index in [9.17, 15) is 9.59 Å². The molecule has 0 bridgehead atoms. The maximum absolute atomic E-state index is 12.1. The number of para-hydroxylation sites is 1. The summed E-state index contributed by atoms with van der Waals surface area (Å²) in [5, 5.41) is 16.5. The van der Waals surface area contributed by atoms with Crippen molar-refractivity contribution in [2.45, 2.75) is 32.7 Å². The first kappa shape index (κ1) is 17.9. The van der Waals surface area contributed by atoms with Crippen LogP contribution >= 0.6 is 0 Å². The quantitative estimate of drug-likeness (QED) is 0.519. The molecule has 0 aliphatic heterocycles. The zero-order valence-electron chi connectivity index (χ0n) is 14.2. The van der Waals surface area contributed by atoms with Crippen molar-refractivity contribution >= 4 is 22.7 Å². The molecule has 4 N–H and O–H groups in total. The van der Waals surface area contributed by atoms with Crippen molar-refractivity contribution in [3.8, 4) is 0 Å². The first-order valence-electron chi connectivity index (χ1n) is 8.29. The average Bonchev–Trinajstić information content (AvgIpc) is 2.98. The highest BCUT2D eigenvalue weighted by atomic mass is 16.2. The third-order valence-electron chi connectivity index (χ3n) is 3.55. The smallest absolute Gasteiger partial charge is 0.272 e. The summed E-state index contributed by atoms with van der Waals surface area (Å²) in [6, 6.07) is 7.89. The zero-order valence-corrected chi connectivity index (χ0v) is 14.2. The van der Waals surface area contributed by atoms with Gasteiger partial charge in [-0.1, -0.05) is 32.0 Å². The van der Waals surface area contributed by atoms with Crippen LogP contribution in [0.5, 0.6) is 0 Å². The number of amides is 2. The number of fused-ring (bicyclic) bond motifs is 1. The topological polar surface area (TPSA) is 98.9 Å². The molecule has 0 aliphatic carbocycles. The second kappa shape index (κ2) is 9.02. The van der Waals surface area contributed by atoms with E-state index in [-0.39, 0.29) is 24.8 Å². The van der Waals surface area contributed by atoms with Crippen LogP contribution in [0.2, 0.25) is 0 Å². The van der Waals surface area contributed by atoms with Crippen LogP contribution in [0.1, 0.15) is 37.2 Å². The lowest BCUT2D eigenvalue weighted by molar-refractivity contribution is -0.120. The molecular formula is C17H25N5O2. The average molecular weight is 331 g/mol. The van der Waals surface area contributed by atoms with E-state index in [0.29, 0.717) is 18.3 Å². The normalized spacial score (nSPS) is 11.0. The lowest BCUT2D eigenvalue weighted by Gasteiger charge is -2.09. The van der Waals surface area contributed by atoms with Crippen LogP contribution in [0.15, 0.2) is 24.3 Å². The molecule has 2 aromatic rings. The van der Waals surface area contributed by atoms with E-state index in [1.165, 1.54) is 0 Å². The van der Waals surface area contributed by atoms with Gasteiger partial charge in [-0.2, -0.15) is 5.10 Å². The number of H-pyrrole nitrogens is 1. The molecule has 130 valence electrons. The van der Waals surface area contributed by atoms with E-state index >= 15 is 0 Å². The number of carbonyl (C=O) groups excluding carboxylic acids is 2. The minimum atomic E-state index is -0.276. The largest absolute Gasteiger partial charge is 0.356 e. The molecule has 0 saturated heterocycles. The molecule has 24 heavy (non-hydrogen) atoms. The van der Waals surface area contributed by atoms with E-state index in [1.54, 1.807) is 0 Å². The standard InChI is InChI=1S/C17H25N5O2/c1-12(2)18-9-5-10-19-15(23)8-11-20-17(24)16-13-6-3-4-7-14(13)21-22-16/h3-4,6-7,12,18H,5,8-11H2,1-2H3,(H,19,23)(H,20,24)(H,21,22). The number of benzene rings is 1. The number of rotatable bonds is 9. The molecule has 0 fully saturated rings. The van der Waals surface area contributed by atoms with E-state index < -0.39 is 0 Å². The lowest BCUT2D eigenvalue weighted by atomic mass is 10.2. The molecule has 0 saturated carbocycles. The molecule has 1 aromatic heterocycles. The summed E-state index contributed by atoms with van der Waals surface area (Å²) < 4.78 is 0. The van der Waals surface area contributed by atoms with Gasteiger partial charge in [0, 0.05) is 30.9 Å².